The van der Waals surface area contributed by atoms with Gasteiger partial charge in [0, 0.05) is 13.2 Å². The molecular formula is C17H26N2O4S. The summed E-state index contributed by atoms with van der Waals surface area (Å²) in [5.74, 6) is 0.145. The molecule has 2 saturated heterocycles. The van der Waals surface area contributed by atoms with Crippen molar-refractivity contribution in [2.75, 3.05) is 32.6 Å². The van der Waals surface area contributed by atoms with Crippen molar-refractivity contribution in [2.45, 2.75) is 37.6 Å². The molecule has 0 aromatic heterocycles. The summed E-state index contributed by atoms with van der Waals surface area (Å²) in [6, 6.07) is 9.97. The van der Waals surface area contributed by atoms with Crippen molar-refractivity contribution < 1.29 is 18.2 Å². The van der Waals surface area contributed by atoms with E-state index in [-0.39, 0.29) is 17.8 Å². The quantitative estimate of drug-likeness (QED) is 0.745. The highest BCUT2D eigenvalue weighted by Gasteiger charge is 2.47. The summed E-state index contributed by atoms with van der Waals surface area (Å²) in [6.45, 7) is 2.45. The highest BCUT2D eigenvalue weighted by molar-refractivity contribution is 7.96. The van der Waals surface area contributed by atoms with Gasteiger partial charge in [0.15, 0.2) is 0 Å². The van der Waals surface area contributed by atoms with Crippen molar-refractivity contribution in [3.63, 3.8) is 0 Å². The first-order chi connectivity index (χ1) is 11.6. The van der Waals surface area contributed by atoms with Crippen molar-refractivity contribution in [3.05, 3.63) is 35.9 Å². The van der Waals surface area contributed by atoms with E-state index in [0.717, 1.165) is 24.9 Å². The van der Waals surface area contributed by atoms with Gasteiger partial charge in [-0.3, -0.25) is 4.90 Å². The molecule has 1 N–H and O–H groups in total. The maximum absolute atomic E-state index is 12.1. The zero-order chi connectivity index (χ0) is 17.0. The van der Waals surface area contributed by atoms with Crippen LogP contribution in [0.5, 0.6) is 0 Å². The lowest BCUT2D eigenvalue weighted by molar-refractivity contribution is 0.0532. The van der Waals surface area contributed by atoms with Gasteiger partial charge in [-0.1, -0.05) is 34.5 Å². The fourth-order valence-electron chi connectivity index (χ4n) is 3.71. The number of benzene rings is 1. The van der Waals surface area contributed by atoms with E-state index < -0.39 is 10.4 Å². The largest absolute Gasteiger partial charge is 0.598 e. The number of likely N-dealkylation sites (tertiary alicyclic amines) is 1. The van der Waals surface area contributed by atoms with Crippen LogP contribution in [0.4, 0.5) is 0 Å². The Hall–Kier alpha value is -0.830. The summed E-state index contributed by atoms with van der Waals surface area (Å²) < 4.78 is 38.0. The first-order valence-electron chi connectivity index (χ1n) is 8.45. The summed E-state index contributed by atoms with van der Waals surface area (Å²) in [4.78, 5) is 2.29. The molecule has 7 heteroatoms. The number of rotatable bonds is 7. The summed E-state index contributed by atoms with van der Waals surface area (Å²) in [6.07, 6.45) is 2.14. The molecule has 1 unspecified atom stereocenters. The predicted molar refractivity (Wildman–Crippen MR) is 92.1 cm³/mol. The maximum Gasteiger partial charge on any atom is 0.144 e. The van der Waals surface area contributed by atoms with Crippen molar-refractivity contribution >= 4 is 10.4 Å². The number of methoxy groups -OCH3 is 1. The fourth-order valence-corrected chi connectivity index (χ4v) is 5.37. The number of hydrogen-bond acceptors (Lipinski definition) is 5. The van der Waals surface area contributed by atoms with E-state index in [4.69, 9.17) is 9.47 Å². The van der Waals surface area contributed by atoms with Crippen LogP contribution in [0.15, 0.2) is 30.3 Å². The Morgan fingerprint density at radius 1 is 1.33 bits per heavy atom. The van der Waals surface area contributed by atoms with E-state index in [9.17, 15) is 8.76 Å². The first-order valence-corrected chi connectivity index (χ1v) is 10.1. The molecule has 2 aliphatic heterocycles. The van der Waals surface area contributed by atoms with E-state index in [1.807, 2.05) is 30.3 Å². The summed E-state index contributed by atoms with van der Waals surface area (Å²) in [5.41, 5.74) is 1.09. The fraction of sp³-hybridized carbons (Fsp3) is 0.647. The topological polar surface area (TPSA) is 73.9 Å². The first kappa shape index (κ1) is 18.0. The van der Waals surface area contributed by atoms with E-state index in [0.29, 0.717) is 25.9 Å². The summed E-state index contributed by atoms with van der Waals surface area (Å²) >= 11 is 0. The lowest BCUT2D eigenvalue weighted by Gasteiger charge is -2.31. The van der Waals surface area contributed by atoms with Crippen molar-refractivity contribution in [2.24, 2.45) is 0 Å². The van der Waals surface area contributed by atoms with Crippen LogP contribution in [-0.2, 0) is 30.7 Å². The SMILES string of the molecule is COC[C@@H]1CCCN1[C@@H]1C[S+](=O)([O-])N[C@@H]1COCc1ccccc1. The Kier molecular flexibility index (Phi) is 6.02. The van der Waals surface area contributed by atoms with E-state index >= 15 is 0 Å². The Morgan fingerprint density at radius 3 is 2.88 bits per heavy atom. The van der Waals surface area contributed by atoms with Crippen molar-refractivity contribution in [1.29, 1.82) is 0 Å². The molecule has 1 aromatic rings. The molecule has 2 fully saturated rings. The van der Waals surface area contributed by atoms with Gasteiger partial charge in [-0.2, -0.15) is 0 Å². The molecule has 0 amide bonds. The van der Waals surface area contributed by atoms with Crippen LogP contribution in [0.1, 0.15) is 18.4 Å². The molecule has 134 valence electrons. The smallest absolute Gasteiger partial charge is 0.144 e. The van der Waals surface area contributed by atoms with Gasteiger partial charge in [0.2, 0.25) is 0 Å². The van der Waals surface area contributed by atoms with Crippen LogP contribution in [0.2, 0.25) is 0 Å². The third kappa shape index (κ3) is 4.41. The molecule has 0 saturated carbocycles. The second kappa shape index (κ2) is 8.03. The van der Waals surface area contributed by atoms with E-state index in [1.165, 1.54) is 0 Å². The molecule has 1 aromatic carbocycles. The number of hydrogen-bond donors (Lipinski definition) is 1. The van der Waals surface area contributed by atoms with E-state index in [1.54, 1.807) is 7.11 Å². The lowest BCUT2D eigenvalue weighted by Crippen LogP contribution is -2.50. The van der Waals surface area contributed by atoms with Gasteiger partial charge in [-0.15, -0.1) is 4.72 Å². The number of nitrogens with zero attached hydrogens (tertiary/aromatic N) is 1. The molecule has 0 aliphatic carbocycles. The normalized spacial score (nSPS) is 34.0. The Labute approximate surface area is 144 Å². The van der Waals surface area contributed by atoms with Crippen molar-refractivity contribution in [1.82, 2.24) is 9.62 Å². The van der Waals surface area contributed by atoms with Crippen LogP contribution in [0.3, 0.4) is 0 Å². The molecular weight excluding hydrogens is 328 g/mol. The average molecular weight is 354 g/mol. The minimum atomic E-state index is -3.23. The lowest BCUT2D eigenvalue weighted by atomic mass is 10.1. The molecule has 2 heterocycles. The molecule has 0 spiro atoms. The van der Waals surface area contributed by atoms with Gasteiger partial charge in [0.25, 0.3) is 0 Å². The number of nitrogens with one attached hydrogen (secondary N) is 1. The zero-order valence-electron chi connectivity index (χ0n) is 14.1. The van der Waals surface area contributed by atoms with Crippen LogP contribution in [0, 0.1) is 0 Å². The standard InChI is InChI=1S/C17H26N2O4S/c1-22-11-15-8-5-9-19(15)17-13-24(20,21)18-16(17)12-23-10-14-6-3-2-4-7-14/h2-4,6-7,15-17H,5,8-13H2,1H3,(H-,18,20,21)/t15-,16+,17+/m0/s1. The summed E-state index contributed by atoms with van der Waals surface area (Å²) in [5, 5.41) is 0. The highest BCUT2D eigenvalue weighted by atomic mass is 32.3. The summed E-state index contributed by atoms with van der Waals surface area (Å²) in [7, 11) is -1.53. The monoisotopic (exact) mass is 354 g/mol. The van der Waals surface area contributed by atoms with Crippen LogP contribution >= 0.6 is 0 Å². The van der Waals surface area contributed by atoms with Gasteiger partial charge in [-0.05, 0) is 24.9 Å². The molecule has 0 bridgehead atoms. The number of ether oxygens (including phenoxy) is 2. The third-order valence-corrected chi connectivity index (χ3v) is 6.24. The zero-order valence-corrected chi connectivity index (χ0v) is 14.9. The van der Waals surface area contributed by atoms with Crippen LogP contribution in [0.25, 0.3) is 0 Å². The van der Waals surface area contributed by atoms with E-state index in [2.05, 4.69) is 9.62 Å². The molecule has 3 rings (SSSR count). The molecule has 6 nitrogen and oxygen atoms in total. The second-order valence-corrected chi connectivity index (χ2v) is 8.36. The van der Waals surface area contributed by atoms with Gasteiger partial charge < -0.3 is 14.0 Å². The Bertz CT molecular complexity index is 571. The average Bonchev–Trinajstić information content (AvgIpc) is 3.12. The second-order valence-electron chi connectivity index (χ2n) is 6.56. The third-order valence-electron chi connectivity index (χ3n) is 4.80. The van der Waals surface area contributed by atoms with Gasteiger partial charge in [0.05, 0.1) is 31.9 Å². The molecule has 24 heavy (non-hydrogen) atoms. The minimum Gasteiger partial charge on any atom is -0.598 e. The highest BCUT2D eigenvalue weighted by Crippen LogP contribution is 2.27. The molecule has 0 radical (unpaired) electrons. The minimum absolute atomic E-state index is 0.0478. The predicted octanol–water partition coefficient (Wildman–Crippen LogP) is 1.20. The van der Waals surface area contributed by atoms with Gasteiger partial charge in [-0.25, -0.2) is 0 Å². The van der Waals surface area contributed by atoms with Crippen molar-refractivity contribution in [3.8, 4) is 0 Å². The molecule has 2 aliphatic rings. The Morgan fingerprint density at radius 2 is 2.12 bits per heavy atom. The number of sulfonamides is 1. The Balaban J connectivity index is 1.60. The molecule has 4 atom stereocenters. The van der Waals surface area contributed by atoms with Gasteiger partial charge >= 0.3 is 0 Å². The van der Waals surface area contributed by atoms with Crippen LogP contribution < -0.4 is 4.72 Å². The van der Waals surface area contributed by atoms with Crippen LogP contribution in [-0.4, -0.2) is 60.2 Å². The van der Waals surface area contributed by atoms with Gasteiger partial charge in [0.1, 0.15) is 16.2 Å². The maximum atomic E-state index is 12.1.